The molecular weight excluding hydrogens is 371 g/mol. The van der Waals surface area contributed by atoms with Crippen molar-refractivity contribution in [1.82, 2.24) is 9.36 Å². The first-order valence-corrected chi connectivity index (χ1v) is 9.84. The molecule has 1 amide bonds. The van der Waals surface area contributed by atoms with Crippen molar-refractivity contribution in [2.45, 2.75) is 45.6 Å². The van der Waals surface area contributed by atoms with Crippen molar-refractivity contribution < 1.29 is 13.9 Å². The summed E-state index contributed by atoms with van der Waals surface area (Å²) in [6.45, 7) is 8.48. The first kappa shape index (κ1) is 21.0. The van der Waals surface area contributed by atoms with Crippen LogP contribution in [0.25, 0.3) is 0 Å². The summed E-state index contributed by atoms with van der Waals surface area (Å²) in [4.78, 5) is 17.0. The summed E-state index contributed by atoms with van der Waals surface area (Å²) in [5, 5.41) is 9.05. The summed E-state index contributed by atoms with van der Waals surface area (Å²) in [6, 6.07) is 7.54. The van der Waals surface area contributed by atoms with E-state index in [4.69, 9.17) is 10.00 Å². The Kier molecular flexibility index (Phi) is 6.04. The zero-order chi connectivity index (χ0) is 21.2. The number of ether oxygens (including phenoxy) is 1. The molecule has 1 aromatic carbocycles. The van der Waals surface area contributed by atoms with Crippen LogP contribution in [0, 0.1) is 23.1 Å². The topological polar surface area (TPSA) is 72.3 Å². The van der Waals surface area contributed by atoms with Crippen LogP contribution in [0.15, 0.2) is 29.3 Å². The molecule has 0 unspecified atom stereocenters. The smallest absolute Gasteiger partial charge is 0.282 e. The van der Waals surface area contributed by atoms with Gasteiger partial charge < -0.3 is 4.74 Å². The van der Waals surface area contributed by atoms with Gasteiger partial charge in [-0.2, -0.15) is 10.3 Å². The number of aromatic nitrogens is 2. The van der Waals surface area contributed by atoms with Crippen LogP contribution < -0.4 is 5.49 Å². The molecule has 1 fully saturated rings. The van der Waals surface area contributed by atoms with Crippen LogP contribution in [0.2, 0.25) is 0 Å². The Hall–Kier alpha value is -2.72. The van der Waals surface area contributed by atoms with E-state index in [1.807, 2.05) is 28.5 Å². The van der Waals surface area contributed by atoms with E-state index in [2.05, 4.69) is 25.8 Å². The minimum Gasteiger partial charge on any atom is -0.381 e. The third-order valence-electron chi connectivity index (χ3n) is 5.32. The lowest BCUT2D eigenvalue weighted by Gasteiger charge is -2.25. The molecule has 7 heteroatoms. The highest BCUT2D eigenvalue weighted by Gasteiger charge is 2.23. The van der Waals surface area contributed by atoms with Gasteiger partial charge in [0.1, 0.15) is 5.82 Å². The van der Waals surface area contributed by atoms with Crippen LogP contribution >= 0.6 is 0 Å². The standard InChI is InChI=1S/C22H27FN4O2/c1-22(2,3)19-12-20(27(26(19)4)14-15-7-9-29-10-8-15)25-21(28)17-11-16(13-24)5-6-18(17)23/h5-6,11-12,15H,7-10,14H2,1-4H3/b25-20+. The molecule has 6 nitrogen and oxygen atoms in total. The lowest BCUT2D eigenvalue weighted by atomic mass is 9.92. The van der Waals surface area contributed by atoms with E-state index < -0.39 is 11.7 Å². The first-order chi connectivity index (χ1) is 13.7. The van der Waals surface area contributed by atoms with E-state index in [0.717, 1.165) is 37.8 Å². The zero-order valence-corrected chi connectivity index (χ0v) is 17.4. The van der Waals surface area contributed by atoms with Crippen molar-refractivity contribution in [3.8, 4) is 6.07 Å². The maximum atomic E-state index is 14.2. The Bertz CT molecular complexity index is 1010. The molecular formula is C22H27FN4O2. The molecule has 0 bridgehead atoms. The maximum absolute atomic E-state index is 14.2. The summed E-state index contributed by atoms with van der Waals surface area (Å²) in [5.74, 6) is -0.940. The molecule has 0 saturated carbocycles. The molecule has 2 aromatic rings. The van der Waals surface area contributed by atoms with Gasteiger partial charge in [-0.1, -0.05) is 20.8 Å². The summed E-state index contributed by atoms with van der Waals surface area (Å²) < 4.78 is 23.7. The monoisotopic (exact) mass is 398 g/mol. The summed E-state index contributed by atoms with van der Waals surface area (Å²) >= 11 is 0. The summed E-state index contributed by atoms with van der Waals surface area (Å²) in [7, 11) is 1.96. The number of halogens is 1. The molecule has 1 saturated heterocycles. The first-order valence-electron chi connectivity index (χ1n) is 9.84. The third kappa shape index (κ3) is 4.65. The number of hydrogen-bond donors (Lipinski definition) is 0. The van der Waals surface area contributed by atoms with Crippen LogP contribution in [0.4, 0.5) is 4.39 Å². The Balaban J connectivity index is 2.07. The molecule has 29 heavy (non-hydrogen) atoms. The Labute approximate surface area is 170 Å². The van der Waals surface area contributed by atoms with E-state index in [1.165, 1.54) is 12.1 Å². The predicted octanol–water partition coefficient (Wildman–Crippen LogP) is 3.30. The number of amides is 1. The second kappa shape index (κ2) is 8.34. The van der Waals surface area contributed by atoms with E-state index in [0.29, 0.717) is 18.0 Å². The molecule has 3 rings (SSSR count). The highest BCUT2D eigenvalue weighted by atomic mass is 19.1. The SMILES string of the molecule is Cn1c(C(C)(C)C)c/c(=N\C(=O)c2cc(C#N)ccc2F)n1CC1CCOCC1. The van der Waals surface area contributed by atoms with Crippen molar-refractivity contribution >= 4 is 5.91 Å². The number of nitrogens with zero attached hydrogens (tertiary/aromatic N) is 4. The fourth-order valence-corrected chi connectivity index (χ4v) is 3.68. The number of benzene rings is 1. The number of carbonyl (C=O) groups excluding carboxylic acids is 1. The molecule has 0 radical (unpaired) electrons. The van der Waals surface area contributed by atoms with Crippen LogP contribution in [-0.2, 0) is 23.7 Å². The van der Waals surface area contributed by atoms with Crippen LogP contribution in [0.1, 0.15) is 55.2 Å². The number of carbonyl (C=O) groups is 1. The van der Waals surface area contributed by atoms with Gasteiger partial charge in [0.05, 0.1) is 17.2 Å². The molecule has 0 aliphatic carbocycles. The number of rotatable bonds is 3. The maximum Gasteiger partial charge on any atom is 0.282 e. The molecule has 2 heterocycles. The van der Waals surface area contributed by atoms with Crippen molar-refractivity contribution in [3.05, 3.63) is 52.4 Å². The third-order valence-corrected chi connectivity index (χ3v) is 5.32. The predicted molar refractivity (Wildman–Crippen MR) is 107 cm³/mol. The van der Waals surface area contributed by atoms with Crippen LogP contribution in [-0.4, -0.2) is 28.5 Å². The van der Waals surface area contributed by atoms with E-state index >= 15 is 0 Å². The van der Waals surface area contributed by atoms with Crippen molar-refractivity contribution in [2.24, 2.45) is 18.0 Å². The lowest BCUT2D eigenvalue weighted by Crippen LogP contribution is -2.30. The average molecular weight is 398 g/mol. The minimum atomic E-state index is -0.689. The second-order valence-electron chi connectivity index (χ2n) is 8.52. The van der Waals surface area contributed by atoms with E-state index in [1.54, 1.807) is 0 Å². The number of nitriles is 1. The molecule has 1 aliphatic rings. The van der Waals surface area contributed by atoms with Gasteiger partial charge in [0.25, 0.3) is 5.91 Å². The second-order valence-corrected chi connectivity index (χ2v) is 8.52. The minimum absolute atomic E-state index is 0.144. The van der Waals surface area contributed by atoms with E-state index in [9.17, 15) is 9.18 Å². The van der Waals surface area contributed by atoms with Gasteiger partial charge in [-0.15, -0.1) is 0 Å². The van der Waals surface area contributed by atoms with Gasteiger partial charge in [0.15, 0.2) is 5.49 Å². The Morgan fingerprint density at radius 1 is 1.31 bits per heavy atom. The average Bonchev–Trinajstić information content (AvgIpc) is 2.99. The Morgan fingerprint density at radius 2 is 2.00 bits per heavy atom. The summed E-state index contributed by atoms with van der Waals surface area (Å²) in [5.41, 5.74) is 1.42. The Morgan fingerprint density at radius 3 is 2.62 bits per heavy atom. The molecule has 1 aromatic heterocycles. The molecule has 0 N–H and O–H groups in total. The largest absolute Gasteiger partial charge is 0.381 e. The van der Waals surface area contributed by atoms with Gasteiger partial charge in [0.2, 0.25) is 0 Å². The van der Waals surface area contributed by atoms with Crippen LogP contribution in [0.3, 0.4) is 0 Å². The van der Waals surface area contributed by atoms with Gasteiger partial charge in [-0.3, -0.25) is 14.2 Å². The van der Waals surface area contributed by atoms with Crippen molar-refractivity contribution in [2.75, 3.05) is 13.2 Å². The zero-order valence-electron chi connectivity index (χ0n) is 17.4. The fourth-order valence-electron chi connectivity index (χ4n) is 3.68. The van der Waals surface area contributed by atoms with Gasteiger partial charge in [-0.05, 0) is 37.0 Å². The van der Waals surface area contributed by atoms with E-state index in [-0.39, 0.29) is 16.5 Å². The van der Waals surface area contributed by atoms with Crippen molar-refractivity contribution in [3.63, 3.8) is 0 Å². The highest BCUT2D eigenvalue weighted by Crippen LogP contribution is 2.22. The fraction of sp³-hybridized carbons (Fsp3) is 0.500. The highest BCUT2D eigenvalue weighted by molar-refractivity contribution is 5.95. The quantitative estimate of drug-likeness (QED) is 0.796. The van der Waals surface area contributed by atoms with Gasteiger partial charge in [-0.25, -0.2) is 4.39 Å². The summed E-state index contributed by atoms with van der Waals surface area (Å²) in [6.07, 6.45) is 1.91. The lowest BCUT2D eigenvalue weighted by molar-refractivity contribution is 0.0584. The normalized spacial score (nSPS) is 16.1. The molecule has 0 atom stereocenters. The van der Waals surface area contributed by atoms with Crippen LogP contribution in [0.5, 0.6) is 0 Å². The number of hydrogen-bond acceptors (Lipinski definition) is 3. The van der Waals surface area contributed by atoms with Gasteiger partial charge in [0, 0.05) is 44.0 Å². The van der Waals surface area contributed by atoms with Crippen molar-refractivity contribution in [1.29, 1.82) is 5.26 Å². The molecule has 154 valence electrons. The molecule has 1 aliphatic heterocycles. The van der Waals surface area contributed by atoms with Gasteiger partial charge >= 0.3 is 0 Å². The molecule has 0 spiro atoms.